The van der Waals surface area contributed by atoms with E-state index in [-0.39, 0.29) is 11.7 Å². The van der Waals surface area contributed by atoms with Gasteiger partial charge in [-0.05, 0) is 36.6 Å². The number of hydrogen-bond donors (Lipinski definition) is 1. The highest BCUT2D eigenvalue weighted by Gasteiger charge is 2.02. The first-order chi connectivity index (χ1) is 10.1. The number of benzene rings is 2. The van der Waals surface area contributed by atoms with Gasteiger partial charge < -0.3 is 0 Å². The van der Waals surface area contributed by atoms with Gasteiger partial charge in [-0.1, -0.05) is 42.5 Å². The Hall–Kier alpha value is -2.49. The molecular formula is C17H17FN2O. The summed E-state index contributed by atoms with van der Waals surface area (Å²) in [5.74, 6) is -0.432. The molecule has 108 valence electrons. The number of amides is 1. The maximum Gasteiger partial charge on any atom is 0.240 e. The van der Waals surface area contributed by atoms with Crippen molar-refractivity contribution < 1.29 is 9.18 Å². The quantitative estimate of drug-likeness (QED) is 0.664. The first kappa shape index (κ1) is 14.9. The number of nitrogens with zero attached hydrogens (tertiary/aromatic N) is 1. The van der Waals surface area contributed by atoms with Crippen molar-refractivity contribution in [3.63, 3.8) is 0 Å². The van der Waals surface area contributed by atoms with Gasteiger partial charge in [-0.15, -0.1) is 0 Å². The SMILES string of the molecule is C/C(=N/NC(=O)CCc1ccccc1)c1ccc(F)cc1. The highest BCUT2D eigenvalue weighted by molar-refractivity contribution is 5.99. The van der Waals surface area contributed by atoms with Crippen LogP contribution in [0.2, 0.25) is 0 Å². The van der Waals surface area contributed by atoms with E-state index in [2.05, 4.69) is 10.5 Å². The lowest BCUT2D eigenvalue weighted by atomic mass is 10.1. The second kappa shape index (κ2) is 7.33. The average Bonchev–Trinajstić information content (AvgIpc) is 2.52. The summed E-state index contributed by atoms with van der Waals surface area (Å²) >= 11 is 0. The molecular weight excluding hydrogens is 267 g/mol. The Balaban J connectivity index is 1.85. The van der Waals surface area contributed by atoms with Gasteiger partial charge in [0.25, 0.3) is 0 Å². The van der Waals surface area contributed by atoms with E-state index in [1.54, 1.807) is 19.1 Å². The summed E-state index contributed by atoms with van der Waals surface area (Å²) in [6.45, 7) is 1.77. The molecule has 0 atom stereocenters. The summed E-state index contributed by atoms with van der Waals surface area (Å²) in [4.78, 5) is 11.7. The molecule has 2 aromatic carbocycles. The topological polar surface area (TPSA) is 41.5 Å². The van der Waals surface area contributed by atoms with Crippen molar-refractivity contribution in [1.29, 1.82) is 0 Å². The molecule has 0 aliphatic rings. The van der Waals surface area contributed by atoms with Crippen molar-refractivity contribution in [1.82, 2.24) is 5.43 Å². The number of hydrogen-bond acceptors (Lipinski definition) is 2. The summed E-state index contributed by atoms with van der Waals surface area (Å²) in [7, 11) is 0. The van der Waals surface area contributed by atoms with Gasteiger partial charge in [-0.25, -0.2) is 9.82 Å². The molecule has 0 aliphatic heterocycles. The van der Waals surface area contributed by atoms with Gasteiger partial charge in [0.2, 0.25) is 5.91 Å². The molecule has 2 rings (SSSR count). The minimum absolute atomic E-state index is 0.139. The molecule has 4 heteroatoms. The van der Waals surface area contributed by atoms with Crippen LogP contribution in [0, 0.1) is 5.82 Å². The molecule has 0 saturated carbocycles. The van der Waals surface area contributed by atoms with E-state index in [0.29, 0.717) is 18.6 Å². The monoisotopic (exact) mass is 284 g/mol. The van der Waals surface area contributed by atoms with Crippen molar-refractivity contribution in [3.05, 3.63) is 71.5 Å². The van der Waals surface area contributed by atoms with E-state index >= 15 is 0 Å². The highest BCUT2D eigenvalue weighted by Crippen LogP contribution is 2.04. The molecule has 0 aromatic heterocycles. The predicted molar refractivity (Wildman–Crippen MR) is 81.5 cm³/mol. The summed E-state index contributed by atoms with van der Waals surface area (Å²) in [6.07, 6.45) is 1.06. The number of hydrazone groups is 1. The fourth-order valence-corrected chi connectivity index (χ4v) is 1.86. The number of nitrogens with one attached hydrogen (secondary N) is 1. The third kappa shape index (κ3) is 4.84. The molecule has 1 N–H and O–H groups in total. The second-order valence-corrected chi connectivity index (χ2v) is 4.72. The number of rotatable bonds is 5. The fourth-order valence-electron chi connectivity index (χ4n) is 1.86. The molecule has 2 aromatic rings. The first-order valence-electron chi connectivity index (χ1n) is 6.78. The smallest absolute Gasteiger partial charge is 0.240 e. The lowest BCUT2D eigenvalue weighted by Crippen LogP contribution is -2.19. The molecule has 3 nitrogen and oxygen atoms in total. The second-order valence-electron chi connectivity index (χ2n) is 4.72. The maximum atomic E-state index is 12.8. The number of carbonyl (C=O) groups is 1. The van der Waals surface area contributed by atoms with Crippen LogP contribution in [0.25, 0.3) is 0 Å². The van der Waals surface area contributed by atoms with Crippen LogP contribution in [0.5, 0.6) is 0 Å². The van der Waals surface area contributed by atoms with Gasteiger partial charge in [0, 0.05) is 6.42 Å². The molecule has 0 fully saturated rings. The number of aryl methyl sites for hydroxylation is 1. The van der Waals surface area contributed by atoms with Gasteiger partial charge in [-0.2, -0.15) is 5.10 Å². The highest BCUT2D eigenvalue weighted by atomic mass is 19.1. The zero-order valence-corrected chi connectivity index (χ0v) is 11.8. The van der Waals surface area contributed by atoms with E-state index < -0.39 is 0 Å². The Morgan fingerprint density at radius 2 is 1.76 bits per heavy atom. The lowest BCUT2D eigenvalue weighted by molar-refractivity contribution is -0.121. The van der Waals surface area contributed by atoms with Crippen molar-refractivity contribution in [2.75, 3.05) is 0 Å². The third-order valence-corrected chi connectivity index (χ3v) is 3.09. The first-order valence-corrected chi connectivity index (χ1v) is 6.78. The molecule has 0 aliphatic carbocycles. The summed E-state index contributed by atoms with van der Waals surface area (Å²) in [5, 5.41) is 4.03. The van der Waals surface area contributed by atoms with Gasteiger partial charge in [-0.3, -0.25) is 4.79 Å². The van der Waals surface area contributed by atoms with Crippen molar-refractivity contribution in [3.8, 4) is 0 Å². The van der Waals surface area contributed by atoms with Crippen LogP contribution >= 0.6 is 0 Å². The molecule has 21 heavy (non-hydrogen) atoms. The Morgan fingerprint density at radius 3 is 2.43 bits per heavy atom. The van der Waals surface area contributed by atoms with Crippen LogP contribution in [-0.4, -0.2) is 11.6 Å². The standard InChI is InChI=1S/C17H17FN2O/c1-13(15-8-10-16(18)11-9-15)19-20-17(21)12-7-14-5-3-2-4-6-14/h2-6,8-11H,7,12H2,1H3,(H,20,21)/b19-13-. The molecule has 0 saturated heterocycles. The van der Waals surface area contributed by atoms with Crippen LogP contribution in [0.1, 0.15) is 24.5 Å². The van der Waals surface area contributed by atoms with Crippen LogP contribution in [0.4, 0.5) is 4.39 Å². The molecule has 0 radical (unpaired) electrons. The summed E-state index contributed by atoms with van der Waals surface area (Å²) in [6, 6.07) is 15.8. The Bertz CT molecular complexity index is 621. The number of halogens is 1. The van der Waals surface area contributed by atoms with Gasteiger partial charge in [0.05, 0.1) is 5.71 Å². The van der Waals surface area contributed by atoms with Gasteiger partial charge in [0.15, 0.2) is 0 Å². The normalized spacial score (nSPS) is 11.2. The van der Waals surface area contributed by atoms with E-state index in [1.165, 1.54) is 12.1 Å². The van der Waals surface area contributed by atoms with E-state index in [4.69, 9.17) is 0 Å². The van der Waals surface area contributed by atoms with Gasteiger partial charge >= 0.3 is 0 Å². The molecule has 0 spiro atoms. The maximum absolute atomic E-state index is 12.8. The van der Waals surface area contributed by atoms with E-state index in [0.717, 1.165) is 11.1 Å². The predicted octanol–water partition coefficient (Wildman–Crippen LogP) is 3.30. The fraction of sp³-hybridized carbons (Fsp3) is 0.176. The minimum Gasteiger partial charge on any atom is -0.273 e. The van der Waals surface area contributed by atoms with Crippen molar-refractivity contribution in [2.24, 2.45) is 5.10 Å². The van der Waals surface area contributed by atoms with Crippen molar-refractivity contribution in [2.45, 2.75) is 19.8 Å². The minimum atomic E-state index is -0.293. The summed E-state index contributed by atoms with van der Waals surface area (Å²) < 4.78 is 12.8. The zero-order valence-electron chi connectivity index (χ0n) is 11.8. The average molecular weight is 284 g/mol. The number of carbonyl (C=O) groups excluding carboxylic acids is 1. The molecule has 0 heterocycles. The van der Waals surface area contributed by atoms with Crippen LogP contribution in [0.15, 0.2) is 59.7 Å². The Kier molecular flexibility index (Phi) is 5.21. The molecule has 0 unspecified atom stereocenters. The third-order valence-electron chi connectivity index (χ3n) is 3.09. The van der Waals surface area contributed by atoms with E-state index in [1.807, 2.05) is 30.3 Å². The lowest BCUT2D eigenvalue weighted by Gasteiger charge is -2.03. The van der Waals surface area contributed by atoms with Crippen LogP contribution in [0.3, 0.4) is 0 Å². The zero-order chi connectivity index (χ0) is 15.1. The largest absolute Gasteiger partial charge is 0.273 e. The molecule has 1 amide bonds. The van der Waals surface area contributed by atoms with Crippen molar-refractivity contribution >= 4 is 11.6 Å². The summed E-state index contributed by atoms with van der Waals surface area (Å²) in [5.41, 5.74) is 5.06. The van der Waals surface area contributed by atoms with Gasteiger partial charge in [0.1, 0.15) is 5.82 Å². The van der Waals surface area contributed by atoms with E-state index in [9.17, 15) is 9.18 Å². The molecule has 0 bridgehead atoms. The Labute approximate surface area is 123 Å². The Morgan fingerprint density at radius 1 is 1.10 bits per heavy atom. The van der Waals surface area contributed by atoms with Crippen LogP contribution < -0.4 is 5.43 Å². The van der Waals surface area contributed by atoms with Crippen LogP contribution in [-0.2, 0) is 11.2 Å².